The van der Waals surface area contributed by atoms with Crippen molar-refractivity contribution >= 4 is 40.9 Å². The molecule has 0 radical (unpaired) electrons. The molecular formula is C23H32Cl2N2O2S. The third-order valence-corrected chi connectivity index (χ3v) is 6.18. The minimum Gasteiger partial charge on any atom is -0.454 e. The number of imidazole rings is 1. The number of rotatable bonds is 12. The van der Waals surface area contributed by atoms with Crippen LogP contribution >= 0.6 is 35.0 Å². The number of ether oxygens (including phenoxy) is 1. The lowest BCUT2D eigenvalue weighted by molar-refractivity contribution is -0.150. The van der Waals surface area contributed by atoms with E-state index in [4.69, 9.17) is 32.9 Å². The smallest absolute Gasteiger partial charge is 0.306 e. The van der Waals surface area contributed by atoms with Crippen LogP contribution in [0.15, 0.2) is 28.1 Å². The number of carbonyl (C=O) groups excluding carboxylic acids is 1. The van der Waals surface area contributed by atoms with E-state index >= 15 is 0 Å². The van der Waals surface area contributed by atoms with Crippen LogP contribution in [0, 0.1) is 0 Å². The van der Waals surface area contributed by atoms with Crippen LogP contribution in [-0.4, -0.2) is 15.9 Å². The molecule has 1 heterocycles. The summed E-state index contributed by atoms with van der Waals surface area (Å²) in [6, 6.07) is 5.46. The Labute approximate surface area is 194 Å². The molecule has 1 unspecified atom stereocenters. The Morgan fingerprint density at radius 2 is 1.77 bits per heavy atom. The molecule has 0 fully saturated rings. The van der Waals surface area contributed by atoms with Crippen molar-refractivity contribution in [3.8, 4) is 0 Å². The summed E-state index contributed by atoms with van der Waals surface area (Å²) < 4.78 is 5.74. The molecule has 0 bridgehead atoms. The molecule has 0 saturated heterocycles. The Bertz CT molecular complexity index is 803. The molecule has 1 aromatic carbocycles. The van der Waals surface area contributed by atoms with Gasteiger partial charge < -0.3 is 9.72 Å². The van der Waals surface area contributed by atoms with E-state index < -0.39 is 0 Å². The largest absolute Gasteiger partial charge is 0.454 e. The molecule has 2 rings (SSSR count). The van der Waals surface area contributed by atoms with Gasteiger partial charge in [-0.25, -0.2) is 4.98 Å². The van der Waals surface area contributed by atoms with Crippen molar-refractivity contribution in [2.45, 2.75) is 94.6 Å². The summed E-state index contributed by atoms with van der Waals surface area (Å²) in [7, 11) is 0. The number of halogens is 2. The van der Waals surface area contributed by atoms with E-state index in [-0.39, 0.29) is 18.0 Å². The average Bonchev–Trinajstić information content (AvgIpc) is 3.09. The van der Waals surface area contributed by atoms with E-state index in [1.165, 1.54) is 31.0 Å². The molecule has 1 N–H and O–H groups in total. The van der Waals surface area contributed by atoms with Crippen LogP contribution in [0.1, 0.15) is 96.2 Å². The van der Waals surface area contributed by atoms with Gasteiger partial charge >= 0.3 is 5.97 Å². The maximum absolute atomic E-state index is 12.3. The molecule has 1 atom stereocenters. The highest BCUT2D eigenvalue weighted by molar-refractivity contribution is 7.99. The monoisotopic (exact) mass is 470 g/mol. The normalized spacial score (nSPS) is 12.4. The van der Waals surface area contributed by atoms with E-state index in [9.17, 15) is 4.79 Å². The van der Waals surface area contributed by atoms with E-state index in [1.807, 2.05) is 19.1 Å². The number of carbonyl (C=O) groups is 1. The molecule has 0 aliphatic heterocycles. The molecule has 166 valence electrons. The Morgan fingerprint density at radius 3 is 2.37 bits per heavy atom. The number of esters is 1. The second-order valence-electron chi connectivity index (χ2n) is 7.75. The Kier molecular flexibility index (Phi) is 10.6. The predicted molar refractivity (Wildman–Crippen MR) is 126 cm³/mol. The summed E-state index contributed by atoms with van der Waals surface area (Å²) in [5.74, 6) is 0.756. The molecule has 0 amide bonds. The van der Waals surface area contributed by atoms with Gasteiger partial charge in [0.2, 0.25) is 0 Å². The van der Waals surface area contributed by atoms with Crippen molar-refractivity contribution < 1.29 is 9.53 Å². The molecule has 30 heavy (non-hydrogen) atoms. The number of hydrogen-bond acceptors (Lipinski definition) is 4. The number of nitrogens with one attached hydrogen (secondary N) is 1. The van der Waals surface area contributed by atoms with Crippen LogP contribution < -0.4 is 0 Å². The third kappa shape index (κ3) is 7.82. The standard InChI is InChI=1S/C23H32Cl2N2O2S/c1-5-7-8-9-10-11-20(28)29-19(6-2)22-26-21(15(3)4)23(27-22)30-18-13-16(24)12-17(25)14-18/h12-15,19H,5-11H2,1-4H3,(H,26,27). The van der Waals surface area contributed by atoms with Gasteiger partial charge in [0.15, 0.2) is 6.10 Å². The molecule has 1 aromatic heterocycles. The van der Waals surface area contributed by atoms with E-state index in [1.54, 1.807) is 6.07 Å². The topological polar surface area (TPSA) is 55.0 Å². The van der Waals surface area contributed by atoms with Crippen LogP contribution in [0.25, 0.3) is 0 Å². The number of nitrogens with zero attached hydrogens (tertiary/aromatic N) is 1. The zero-order chi connectivity index (χ0) is 22.1. The van der Waals surface area contributed by atoms with E-state index in [0.717, 1.165) is 28.5 Å². The minimum atomic E-state index is -0.372. The van der Waals surface area contributed by atoms with Gasteiger partial charge in [0.25, 0.3) is 0 Å². The van der Waals surface area contributed by atoms with Crippen molar-refractivity contribution in [1.82, 2.24) is 9.97 Å². The van der Waals surface area contributed by atoms with Gasteiger partial charge in [0.05, 0.1) is 5.69 Å². The lowest BCUT2D eigenvalue weighted by Crippen LogP contribution is -2.12. The molecule has 0 spiro atoms. The van der Waals surface area contributed by atoms with Gasteiger partial charge in [0, 0.05) is 21.4 Å². The van der Waals surface area contributed by atoms with E-state index in [0.29, 0.717) is 28.7 Å². The fourth-order valence-corrected chi connectivity index (χ4v) is 4.94. The number of unbranched alkanes of at least 4 members (excludes halogenated alkanes) is 4. The van der Waals surface area contributed by atoms with Gasteiger partial charge in [-0.15, -0.1) is 0 Å². The second kappa shape index (κ2) is 12.6. The summed E-state index contributed by atoms with van der Waals surface area (Å²) >= 11 is 13.8. The molecule has 0 saturated carbocycles. The summed E-state index contributed by atoms with van der Waals surface area (Å²) in [5, 5.41) is 2.11. The highest BCUT2D eigenvalue weighted by Gasteiger charge is 2.22. The number of benzene rings is 1. The van der Waals surface area contributed by atoms with Crippen molar-refractivity contribution in [2.24, 2.45) is 0 Å². The minimum absolute atomic E-state index is 0.156. The zero-order valence-electron chi connectivity index (χ0n) is 18.3. The van der Waals surface area contributed by atoms with Crippen LogP contribution in [0.5, 0.6) is 0 Å². The quantitative estimate of drug-likeness (QED) is 0.250. The van der Waals surface area contributed by atoms with Crippen molar-refractivity contribution in [1.29, 1.82) is 0 Å². The second-order valence-corrected chi connectivity index (χ2v) is 9.71. The first-order valence-electron chi connectivity index (χ1n) is 10.8. The third-order valence-electron chi connectivity index (χ3n) is 4.75. The number of hydrogen-bond donors (Lipinski definition) is 1. The Hall–Kier alpha value is -1.17. The molecule has 4 nitrogen and oxygen atoms in total. The van der Waals surface area contributed by atoms with Gasteiger partial charge in [-0.2, -0.15) is 0 Å². The van der Waals surface area contributed by atoms with Gasteiger partial charge in [-0.1, -0.05) is 88.3 Å². The molecule has 7 heteroatoms. The van der Waals surface area contributed by atoms with Crippen LogP contribution in [0.4, 0.5) is 0 Å². The Balaban J connectivity index is 2.09. The first kappa shape index (κ1) is 25.1. The highest BCUT2D eigenvalue weighted by atomic mass is 35.5. The molecule has 0 aliphatic rings. The first-order valence-corrected chi connectivity index (χ1v) is 12.3. The van der Waals surface area contributed by atoms with Crippen LogP contribution in [-0.2, 0) is 9.53 Å². The maximum atomic E-state index is 12.3. The van der Waals surface area contributed by atoms with Crippen molar-refractivity contribution in [2.75, 3.05) is 0 Å². The molecular weight excluding hydrogens is 439 g/mol. The Morgan fingerprint density at radius 1 is 1.10 bits per heavy atom. The fraction of sp³-hybridized carbons (Fsp3) is 0.565. The summed E-state index contributed by atoms with van der Waals surface area (Å²) in [6.45, 7) is 8.37. The number of aromatic amines is 1. The summed E-state index contributed by atoms with van der Waals surface area (Å²) in [6.07, 6.45) is 6.28. The summed E-state index contributed by atoms with van der Waals surface area (Å²) in [5.41, 5.74) is 0.945. The summed E-state index contributed by atoms with van der Waals surface area (Å²) in [4.78, 5) is 21.4. The van der Waals surface area contributed by atoms with Crippen molar-refractivity contribution in [3.05, 3.63) is 39.8 Å². The highest BCUT2D eigenvalue weighted by Crippen LogP contribution is 2.36. The van der Waals surface area contributed by atoms with Gasteiger partial charge in [0.1, 0.15) is 10.9 Å². The van der Waals surface area contributed by atoms with Crippen molar-refractivity contribution in [3.63, 3.8) is 0 Å². The SMILES string of the molecule is CCCCCCCC(=O)OC(CC)c1nc(C(C)C)c(Sc2cc(Cl)cc(Cl)c2)[nH]1. The first-order chi connectivity index (χ1) is 14.3. The zero-order valence-corrected chi connectivity index (χ0v) is 20.6. The number of H-pyrrole nitrogens is 1. The van der Waals surface area contributed by atoms with E-state index in [2.05, 4.69) is 25.8 Å². The van der Waals surface area contributed by atoms with Crippen LogP contribution in [0.2, 0.25) is 10.0 Å². The molecule has 2 aromatic rings. The molecule has 0 aliphatic carbocycles. The average molecular weight is 471 g/mol. The lowest BCUT2D eigenvalue weighted by atomic mass is 10.1. The fourth-order valence-electron chi connectivity index (χ4n) is 3.14. The lowest BCUT2D eigenvalue weighted by Gasteiger charge is -2.14. The van der Waals surface area contributed by atoms with Gasteiger partial charge in [-0.3, -0.25) is 4.79 Å². The van der Waals surface area contributed by atoms with Crippen LogP contribution in [0.3, 0.4) is 0 Å². The maximum Gasteiger partial charge on any atom is 0.306 e. The predicted octanol–water partition coefficient (Wildman–Crippen LogP) is 8.35. The number of aromatic nitrogens is 2. The van der Waals surface area contributed by atoms with Gasteiger partial charge in [-0.05, 0) is 37.0 Å².